The zero-order chi connectivity index (χ0) is 12.1. The van der Waals surface area contributed by atoms with E-state index >= 15 is 0 Å². The van der Waals surface area contributed by atoms with Gasteiger partial charge < -0.3 is 14.2 Å². The molecule has 0 bridgehead atoms. The minimum absolute atomic E-state index is 0.0352. The van der Waals surface area contributed by atoms with Crippen LogP contribution in [0.5, 0.6) is 0 Å². The minimum atomic E-state index is 0.0352. The molecule has 3 atom stereocenters. The molecule has 2 rings (SSSR count). The fourth-order valence-corrected chi connectivity index (χ4v) is 2.61. The van der Waals surface area contributed by atoms with Crippen LogP contribution in [-0.2, 0) is 14.2 Å². The maximum absolute atomic E-state index is 6.01. The molecule has 0 N–H and O–H groups in total. The van der Waals surface area contributed by atoms with Crippen LogP contribution >= 0.6 is 0 Å². The highest BCUT2D eigenvalue weighted by atomic mass is 16.7. The van der Waals surface area contributed by atoms with Crippen molar-refractivity contribution < 1.29 is 14.2 Å². The van der Waals surface area contributed by atoms with Crippen molar-refractivity contribution in [2.24, 2.45) is 0 Å². The molecule has 2 heterocycles. The van der Waals surface area contributed by atoms with Crippen LogP contribution in [0.1, 0.15) is 32.6 Å². The third-order valence-electron chi connectivity index (χ3n) is 3.65. The average molecular weight is 243 g/mol. The van der Waals surface area contributed by atoms with E-state index in [2.05, 4.69) is 11.9 Å². The molecule has 0 aromatic rings. The number of rotatable bonds is 5. The van der Waals surface area contributed by atoms with Crippen LogP contribution in [0.3, 0.4) is 0 Å². The third-order valence-corrected chi connectivity index (χ3v) is 3.65. The summed E-state index contributed by atoms with van der Waals surface area (Å²) in [6, 6.07) is 0.503. The lowest BCUT2D eigenvalue weighted by Gasteiger charge is -2.25. The van der Waals surface area contributed by atoms with Gasteiger partial charge in [-0.3, -0.25) is 4.90 Å². The highest BCUT2D eigenvalue weighted by Gasteiger charge is 2.32. The zero-order valence-electron chi connectivity index (χ0n) is 11.1. The second-order valence-corrected chi connectivity index (χ2v) is 5.04. The average Bonchev–Trinajstić information content (AvgIpc) is 2.68. The normalized spacial score (nSPS) is 35.3. The minimum Gasteiger partial charge on any atom is -0.380 e. The Morgan fingerprint density at radius 2 is 2.24 bits per heavy atom. The topological polar surface area (TPSA) is 30.9 Å². The van der Waals surface area contributed by atoms with Crippen LogP contribution < -0.4 is 0 Å². The Hall–Kier alpha value is -0.160. The fourth-order valence-electron chi connectivity index (χ4n) is 2.61. The van der Waals surface area contributed by atoms with Crippen LogP contribution in [-0.4, -0.2) is 56.7 Å². The molecule has 4 heteroatoms. The van der Waals surface area contributed by atoms with Crippen molar-refractivity contribution >= 4 is 0 Å². The SMILES string of the molecule is CCOCC1CC(OC2CCCCO2)CN1C. The van der Waals surface area contributed by atoms with E-state index < -0.39 is 0 Å². The molecule has 0 aromatic carbocycles. The number of ether oxygens (including phenoxy) is 3. The predicted molar refractivity (Wildman–Crippen MR) is 66.0 cm³/mol. The van der Waals surface area contributed by atoms with Crippen molar-refractivity contribution in [1.29, 1.82) is 0 Å². The van der Waals surface area contributed by atoms with Crippen molar-refractivity contribution in [3.05, 3.63) is 0 Å². The van der Waals surface area contributed by atoms with Gasteiger partial charge in [-0.05, 0) is 39.7 Å². The number of likely N-dealkylation sites (N-methyl/N-ethyl adjacent to an activating group) is 1. The van der Waals surface area contributed by atoms with Gasteiger partial charge in [-0.15, -0.1) is 0 Å². The van der Waals surface area contributed by atoms with E-state index in [-0.39, 0.29) is 6.29 Å². The summed E-state index contributed by atoms with van der Waals surface area (Å²) in [6.45, 7) is 5.51. The van der Waals surface area contributed by atoms with Crippen molar-refractivity contribution in [2.45, 2.75) is 51.0 Å². The highest BCUT2D eigenvalue weighted by Crippen LogP contribution is 2.23. The Morgan fingerprint density at radius 3 is 2.94 bits per heavy atom. The molecule has 0 amide bonds. The molecule has 0 aromatic heterocycles. The number of hydrogen-bond acceptors (Lipinski definition) is 4. The monoisotopic (exact) mass is 243 g/mol. The van der Waals surface area contributed by atoms with Crippen LogP contribution in [0, 0.1) is 0 Å². The van der Waals surface area contributed by atoms with E-state index in [9.17, 15) is 0 Å². The summed E-state index contributed by atoms with van der Waals surface area (Å²) >= 11 is 0. The molecule has 2 fully saturated rings. The van der Waals surface area contributed by atoms with Gasteiger partial charge in [-0.25, -0.2) is 0 Å². The summed E-state index contributed by atoms with van der Waals surface area (Å²) in [5, 5.41) is 0. The van der Waals surface area contributed by atoms with Crippen molar-refractivity contribution in [1.82, 2.24) is 4.90 Å². The highest BCUT2D eigenvalue weighted by molar-refractivity contribution is 4.84. The fraction of sp³-hybridized carbons (Fsp3) is 1.00. The molecular weight excluding hydrogens is 218 g/mol. The predicted octanol–water partition coefficient (Wildman–Crippen LogP) is 1.64. The summed E-state index contributed by atoms with van der Waals surface area (Å²) < 4.78 is 17.1. The van der Waals surface area contributed by atoms with Gasteiger partial charge in [0, 0.05) is 25.8 Å². The molecule has 3 unspecified atom stereocenters. The summed E-state index contributed by atoms with van der Waals surface area (Å²) in [4.78, 5) is 2.34. The molecule has 0 saturated carbocycles. The molecular formula is C13H25NO3. The second kappa shape index (κ2) is 6.69. The van der Waals surface area contributed by atoms with Crippen LogP contribution in [0.4, 0.5) is 0 Å². The largest absolute Gasteiger partial charge is 0.380 e. The Kier molecular flexibility index (Phi) is 5.22. The maximum atomic E-state index is 6.01. The van der Waals surface area contributed by atoms with Gasteiger partial charge in [0.05, 0.1) is 12.7 Å². The number of nitrogens with zero attached hydrogens (tertiary/aromatic N) is 1. The third kappa shape index (κ3) is 3.91. The van der Waals surface area contributed by atoms with Crippen molar-refractivity contribution in [2.75, 3.05) is 33.4 Å². The smallest absolute Gasteiger partial charge is 0.158 e. The van der Waals surface area contributed by atoms with E-state index in [4.69, 9.17) is 14.2 Å². The lowest BCUT2D eigenvalue weighted by molar-refractivity contribution is -0.185. The van der Waals surface area contributed by atoms with E-state index in [1.54, 1.807) is 0 Å². The van der Waals surface area contributed by atoms with E-state index in [1.165, 1.54) is 12.8 Å². The number of hydrogen-bond donors (Lipinski definition) is 0. The van der Waals surface area contributed by atoms with Crippen LogP contribution in [0.2, 0.25) is 0 Å². The van der Waals surface area contributed by atoms with Gasteiger partial charge in [-0.2, -0.15) is 0 Å². The Balaban J connectivity index is 1.71. The molecule has 0 spiro atoms. The van der Waals surface area contributed by atoms with Crippen molar-refractivity contribution in [3.8, 4) is 0 Å². The summed E-state index contributed by atoms with van der Waals surface area (Å²) in [5.74, 6) is 0. The van der Waals surface area contributed by atoms with Gasteiger partial charge in [0.2, 0.25) is 0 Å². The molecule has 17 heavy (non-hydrogen) atoms. The lowest BCUT2D eigenvalue weighted by Crippen LogP contribution is -2.30. The molecule has 2 aliphatic heterocycles. The van der Waals surface area contributed by atoms with Crippen LogP contribution in [0.25, 0.3) is 0 Å². The molecule has 2 aliphatic rings. The Labute approximate surface area is 104 Å². The van der Waals surface area contributed by atoms with Crippen LogP contribution in [0.15, 0.2) is 0 Å². The second-order valence-electron chi connectivity index (χ2n) is 5.04. The van der Waals surface area contributed by atoms with Gasteiger partial charge in [0.15, 0.2) is 6.29 Å². The molecule has 2 saturated heterocycles. The zero-order valence-corrected chi connectivity index (χ0v) is 11.1. The van der Waals surface area contributed by atoms with Gasteiger partial charge in [0.1, 0.15) is 0 Å². The Bertz CT molecular complexity index is 219. The molecule has 100 valence electrons. The Morgan fingerprint density at radius 1 is 1.35 bits per heavy atom. The maximum Gasteiger partial charge on any atom is 0.158 e. The summed E-state index contributed by atoms with van der Waals surface area (Å²) in [5.41, 5.74) is 0. The summed E-state index contributed by atoms with van der Waals surface area (Å²) in [6.07, 6.45) is 4.88. The van der Waals surface area contributed by atoms with E-state index in [0.717, 1.165) is 39.2 Å². The first-order valence-electron chi connectivity index (χ1n) is 6.84. The standard InChI is InChI=1S/C13H25NO3/c1-3-15-10-11-8-12(9-14(11)2)17-13-6-4-5-7-16-13/h11-13H,3-10H2,1-2H3. The van der Waals surface area contributed by atoms with E-state index in [0.29, 0.717) is 12.1 Å². The number of likely N-dealkylation sites (tertiary alicyclic amines) is 1. The van der Waals surface area contributed by atoms with Gasteiger partial charge >= 0.3 is 0 Å². The lowest BCUT2D eigenvalue weighted by atomic mass is 10.2. The van der Waals surface area contributed by atoms with Crippen molar-refractivity contribution in [3.63, 3.8) is 0 Å². The quantitative estimate of drug-likeness (QED) is 0.734. The van der Waals surface area contributed by atoms with Gasteiger partial charge in [0.25, 0.3) is 0 Å². The molecule has 0 aliphatic carbocycles. The first-order valence-corrected chi connectivity index (χ1v) is 6.84. The first-order chi connectivity index (χ1) is 8.29. The van der Waals surface area contributed by atoms with E-state index in [1.807, 2.05) is 6.92 Å². The molecule has 4 nitrogen and oxygen atoms in total. The first kappa shape index (κ1) is 13.3. The van der Waals surface area contributed by atoms with Gasteiger partial charge in [-0.1, -0.05) is 0 Å². The summed E-state index contributed by atoms with van der Waals surface area (Å²) in [7, 11) is 2.15. The molecule has 0 radical (unpaired) electrons.